The normalized spacial score (nSPS) is 25.5. The van der Waals surface area contributed by atoms with Gasteiger partial charge in [0.1, 0.15) is 17.9 Å². The molecule has 0 aliphatic carbocycles. The second-order valence-electron chi connectivity index (χ2n) is 6.53. The molecule has 2 heterocycles. The molecule has 8 nitrogen and oxygen atoms in total. The summed E-state index contributed by atoms with van der Waals surface area (Å²) in [6, 6.07) is 9.50. The molecule has 0 unspecified atom stereocenters. The van der Waals surface area contributed by atoms with Crippen LogP contribution in [0.2, 0.25) is 0 Å². The van der Waals surface area contributed by atoms with Crippen molar-refractivity contribution in [1.82, 2.24) is 9.55 Å². The third-order valence-electron chi connectivity index (χ3n) is 4.53. The Kier molecular flexibility index (Phi) is 5.38. The minimum Gasteiger partial charge on any atom is -0.394 e. The lowest BCUT2D eigenvalue weighted by atomic mass is 9.96. The molecule has 1 aliphatic rings. The first-order chi connectivity index (χ1) is 12.4. The number of aromatic amines is 1. The highest BCUT2D eigenvalue weighted by molar-refractivity contribution is 5.13. The van der Waals surface area contributed by atoms with Gasteiger partial charge in [-0.25, -0.2) is 4.79 Å². The van der Waals surface area contributed by atoms with Crippen LogP contribution in [0.4, 0.5) is 0 Å². The Labute approximate surface area is 149 Å². The number of H-pyrrole nitrogens is 1. The van der Waals surface area contributed by atoms with Crippen LogP contribution < -0.4 is 11.2 Å². The minimum atomic E-state index is -1.45. The lowest BCUT2D eigenvalue weighted by Crippen LogP contribution is -2.44. The summed E-state index contributed by atoms with van der Waals surface area (Å²) in [6.07, 6.45) is -0.266. The van der Waals surface area contributed by atoms with Crippen molar-refractivity contribution in [3.8, 4) is 0 Å². The van der Waals surface area contributed by atoms with Crippen LogP contribution in [0.5, 0.6) is 0 Å². The molecule has 0 radical (unpaired) electrons. The van der Waals surface area contributed by atoms with E-state index in [1.807, 2.05) is 30.3 Å². The van der Waals surface area contributed by atoms with Crippen LogP contribution in [-0.2, 0) is 16.1 Å². The topological polar surface area (TPSA) is 114 Å². The number of rotatable bonds is 6. The van der Waals surface area contributed by atoms with Gasteiger partial charge in [0.05, 0.1) is 19.8 Å². The number of aliphatic hydroxyl groups is 2. The van der Waals surface area contributed by atoms with E-state index in [1.54, 1.807) is 6.92 Å². The van der Waals surface area contributed by atoms with E-state index >= 15 is 0 Å². The molecule has 8 heteroatoms. The average molecular weight is 362 g/mol. The van der Waals surface area contributed by atoms with E-state index in [0.717, 1.165) is 5.56 Å². The fourth-order valence-electron chi connectivity index (χ4n) is 3.05. The summed E-state index contributed by atoms with van der Waals surface area (Å²) in [5, 5.41) is 20.4. The van der Waals surface area contributed by atoms with Crippen LogP contribution in [0.1, 0.15) is 23.8 Å². The average Bonchev–Trinajstić information content (AvgIpc) is 2.95. The number of nitrogens with zero attached hydrogens (tertiary/aromatic N) is 1. The summed E-state index contributed by atoms with van der Waals surface area (Å²) in [6.45, 7) is 1.41. The van der Waals surface area contributed by atoms with Gasteiger partial charge in [0.25, 0.3) is 5.56 Å². The molecule has 1 fully saturated rings. The Balaban J connectivity index is 1.73. The van der Waals surface area contributed by atoms with Crippen molar-refractivity contribution in [2.45, 2.75) is 37.9 Å². The van der Waals surface area contributed by atoms with Gasteiger partial charge < -0.3 is 19.7 Å². The van der Waals surface area contributed by atoms with Crippen molar-refractivity contribution in [2.24, 2.45) is 0 Å². The second kappa shape index (κ2) is 7.55. The van der Waals surface area contributed by atoms with Crippen molar-refractivity contribution in [3.05, 3.63) is 68.5 Å². The Morgan fingerprint density at radius 2 is 2.08 bits per heavy atom. The molecule has 0 amide bonds. The van der Waals surface area contributed by atoms with Crippen molar-refractivity contribution in [3.63, 3.8) is 0 Å². The van der Waals surface area contributed by atoms with Gasteiger partial charge in [-0.05, 0) is 12.5 Å². The lowest BCUT2D eigenvalue weighted by molar-refractivity contribution is -0.115. The summed E-state index contributed by atoms with van der Waals surface area (Å²) < 4.78 is 12.5. The number of hydrogen-bond acceptors (Lipinski definition) is 6. The molecule has 26 heavy (non-hydrogen) atoms. The molecular weight excluding hydrogens is 340 g/mol. The molecule has 1 aromatic heterocycles. The molecule has 0 saturated carbocycles. The summed E-state index contributed by atoms with van der Waals surface area (Å²) >= 11 is 0. The van der Waals surface area contributed by atoms with Crippen LogP contribution in [0.15, 0.2) is 46.1 Å². The Morgan fingerprint density at radius 3 is 2.77 bits per heavy atom. The molecule has 0 spiro atoms. The largest absolute Gasteiger partial charge is 0.394 e. The molecule has 2 aromatic rings. The fourth-order valence-corrected chi connectivity index (χ4v) is 3.05. The number of aromatic nitrogens is 2. The first kappa shape index (κ1) is 18.5. The van der Waals surface area contributed by atoms with Crippen LogP contribution >= 0.6 is 0 Å². The van der Waals surface area contributed by atoms with Gasteiger partial charge >= 0.3 is 5.69 Å². The van der Waals surface area contributed by atoms with Crippen LogP contribution in [0, 0.1) is 6.92 Å². The smallest absolute Gasteiger partial charge is 0.330 e. The van der Waals surface area contributed by atoms with Gasteiger partial charge in [-0.2, -0.15) is 0 Å². The highest BCUT2D eigenvalue weighted by Gasteiger charge is 2.48. The summed E-state index contributed by atoms with van der Waals surface area (Å²) in [7, 11) is 0. The number of hydrogen-bond donors (Lipinski definition) is 3. The minimum absolute atomic E-state index is 0.0540. The number of ether oxygens (including phenoxy) is 2. The van der Waals surface area contributed by atoms with E-state index in [4.69, 9.17) is 9.47 Å². The maximum atomic E-state index is 12.0. The monoisotopic (exact) mass is 362 g/mol. The third kappa shape index (κ3) is 3.78. The highest BCUT2D eigenvalue weighted by Crippen LogP contribution is 2.36. The fraction of sp³-hybridized carbons (Fsp3) is 0.444. The predicted molar refractivity (Wildman–Crippen MR) is 92.7 cm³/mol. The maximum Gasteiger partial charge on any atom is 0.330 e. The van der Waals surface area contributed by atoms with Crippen molar-refractivity contribution in [1.29, 1.82) is 0 Å². The number of benzene rings is 1. The summed E-state index contributed by atoms with van der Waals surface area (Å²) in [5.74, 6) is 0. The van der Waals surface area contributed by atoms with Gasteiger partial charge in [0, 0.05) is 18.2 Å². The number of aryl methyl sites for hydroxylation is 1. The van der Waals surface area contributed by atoms with Gasteiger partial charge in [-0.1, -0.05) is 30.3 Å². The quantitative estimate of drug-likeness (QED) is 0.670. The Hall–Kier alpha value is -2.26. The number of nitrogens with one attached hydrogen (secondary N) is 1. The third-order valence-corrected chi connectivity index (χ3v) is 4.53. The van der Waals surface area contributed by atoms with Crippen LogP contribution in [-0.4, -0.2) is 44.7 Å². The van der Waals surface area contributed by atoms with Gasteiger partial charge in [-0.3, -0.25) is 14.3 Å². The van der Waals surface area contributed by atoms with E-state index in [1.165, 1.54) is 10.8 Å². The molecule has 1 saturated heterocycles. The predicted octanol–water partition coefficient (Wildman–Crippen LogP) is 0.0727. The zero-order valence-electron chi connectivity index (χ0n) is 14.4. The van der Waals surface area contributed by atoms with E-state index in [-0.39, 0.29) is 13.0 Å². The second-order valence-corrected chi connectivity index (χ2v) is 6.53. The number of aliphatic hydroxyl groups excluding tert-OH is 1. The summed E-state index contributed by atoms with van der Waals surface area (Å²) in [5.41, 5.74) is -1.23. The SMILES string of the molecule is Cc1cn([C@H]2C[C@@](O)(COCc3ccccc3)[C@@H](CO)O2)c(=O)[nH]c1=O. The zero-order valence-corrected chi connectivity index (χ0v) is 14.4. The molecule has 3 atom stereocenters. The van der Waals surface area contributed by atoms with Crippen LogP contribution in [0.25, 0.3) is 0 Å². The standard InChI is InChI=1S/C18H22N2O6/c1-12-8-20(17(23)19-16(12)22)15-7-18(24,14(9-21)26-15)11-25-10-13-5-3-2-4-6-13/h2-6,8,14-15,21,24H,7,9-11H2,1H3,(H,19,22,23)/t14-,15-,18-/m1/s1. The highest BCUT2D eigenvalue weighted by atomic mass is 16.6. The zero-order chi connectivity index (χ0) is 18.7. The van der Waals surface area contributed by atoms with E-state index in [2.05, 4.69) is 4.98 Å². The molecule has 1 aliphatic heterocycles. The van der Waals surface area contributed by atoms with Crippen molar-refractivity contribution >= 4 is 0 Å². The molecule has 0 bridgehead atoms. The van der Waals surface area contributed by atoms with Gasteiger partial charge in [-0.15, -0.1) is 0 Å². The Morgan fingerprint density at radius 1 is 1.35 bits per heavy atom. The Bertz CT molecular complexity index is 862. The van der Waals surface area contributed by atoms with Crippen LogP contribution in [0.3, 0.4) is 0 Å². The maximum absolute atomic E-state index is 12.0. The molecule has 1 aromatic carbocycles. The van der Waals surface area contributed by atoms with Gasteiger partial charge in [0.15, 0.2) is 0 Å². The van der Waals surface area contributed by atoms with E-state index in [0.29, 0.717) is 12.2 Å². The van der Waals surface area contributed by atoms with Crippen molar-refractivity contribution < 1.29 is 19.7 Å². The first-order valence-electron chi connectivity index (χ1n) is 8.35. The first-order valence-corrected chi connectivity index (χ1v) is 8.35. The van der Waals surface area contributed by atoms with E-state index in [9.17, 15) is 19.8 Å². The van der Waals surface area contributed by atoms with E-state index < -0.39 is 35.8 Å². The molecular formula is C18H22N2O6. The summed E-state index contributed by atoms with van der Waals surface area (Å²) in [4.78, 5) is 25.8. The molecule has 3 rings (SSSR count). The van der Waals surface area contributed by atoms with Gasteiger partial charge in [0.2, 0.25) is 0 Å². The molecule has 3 N–H and O–H groups in total. The molecule has 140 valence electrons. The van der Waals surface area contributed by atoms with Crippen molar-refractivity contribution in [2.75, 3.05) is 13.2 Å². The lowest BCUT2D eigenvalue weighted by Gasteiger charge is -2.26.